The van der Waals surface area contributed by atoms with E-state index in [4.69, 9.17) is 23.7 Å². The van der Waals surface area contributed by atoms with E-state index < -0.39 is 98.1 Å². The Bertz CT molecular complexity index is 1640. The Hall–Kier alpha value is -1.92. The van der Waals surface area contributed by atoms with Crippen LogP contribution in [-0.4, -0.2) is 186 Å². The molecule has 0 spiro atoms. The third kappa shape index (κ3) is 15.3. The van der Waals surface area contributed by atoms with Crippen LogP contribution in [0.1, 0.15) is 89.7 Å². The minimum atomic E-state index is -1.56. The van der Waals surface area contributed by atoms with Crippen LogP contribution in [0.3, 0.4) is 0 Å². The average molecular weight is 1000 g/mol. The van der Waals surface area contributed by atoms with Crippen molar-refractivity contribution in [3.63, 3.8) is 0 Å². The van der Waals surface area contributed by atoms with Gasteiger partial charge in [0.15, 0.2) is 18.7 Å². The monoisotopic (exact) mass is 999 g/mol. The fourth-order valence-electron chi connectivity index (χ4n) is 9.95. The molecule has 18 nitrogen and oxygen atoms in total. The molecule has 3 heterocycles. The molecule has 1 aromatic rings. The highest BCUT2D eigenvalue weighted by molar-refractivity contribution is 9.10. The van der Waals surface area contributed by atoms with E-state index in [0.717, 1.165) is 108 Å². The van der Waals surface area contributed by atoms with Gasteiger partial charge in [0.2, 0.25) is 5.91 Å². The summed E-state index contributed by atoms with van der Waals surface area (Å²) in [5, 5.41) is 77.6. The fourth-order valence-corrected chi connectivity index (χ4v) is 10.5. The molecule has 0 bridgehead atoms. The normalized spacial score (nSPS) is 36.3. The van der Waals surface area contributed by atoms with E-state index in [9.17, 15) is 40.2 Å². The molecule has 376 valence electrons. The fraction of sp³-hybridized carbons (Fsp3) is 0.830. The number of nitrogens with one attached hydrogen (secondary N) is 4. The number of aryl methyl sites for hydroxylation is 1. The number of carbonyl (C=O) groups excluding carboxylic acids is 1. The van der Waals surface area contributed by atoms with Gasteiger partial charge in [0.05, 0.1) is 24.9 Å². The van der Waals surface area contributed by atoms with Crippen molar-refractivity contribution in [2.75, 3.05) is 59.0 Å². The molecule has 66 heavy (non-hydrogen) atoms. The first-order valence-corrected chi connectivity index (χ1v) is 25.3. The van der Waals surface area contributed by atoms with E-state index in [-0.39, 0.29) is 24.2 Å². The van der Waals surface area contributed by atoms with E-state index in [1.54, 1.807) is 6.92 Å². The molecule has 0 aromatic heterocycles. The van der Waals surface area contributed by atoms with Crippen molar-refractivity contribution in [2.24, 2.45) is 17.8 Å². The highest BCUT2D eigenvalue weighted by atomic mass is 79.9. The topological polar surface area (TPSA) is 253 Å². The number of ether oxygens (including phenoxy) is 5. The molecule has 2 aliphatic carbocycles. The van der Waals surface area contributed by atoms with Gasteiger partial charge in [0.1, 0.15) is 42.7 Å². The quantitative estimate of drug-likeness (QED) is 0.105. The maximum atomic E-state index is 12.8. The van der Waals surface area contributed by atoms with Crippen molar-refractivity contribution in [3.05, 3.63) is 33.8 Å². The second-order valence-electron chi connectivity index (χ2n) is 19.2. The molecule has 2 saturated carbocycles. The number of halogens is 1. The second-order valence-corrected chi connectivity index (χ2v) is 20.1. The zero-order valence-electron chi connectivity index (χ0n) is 39.0. The van der Waals surface area contributed by atoms with Gasteiger partial charge >= 0.3 is 5.97 Å². The summed E-state index contributed by atoms with van der Waals surface area (Å²) < 4.78 is 32.7. The molecule has 1 aromatic carbocycles. The number of carboxylic acid groups (broad SMARTS) is 1. The summed E-state index contributed by atoms with van der Waals surface area (Å²) in [6, 6.07) is 5.43. The van der Waals surface area contributed by atoms with Gasteiger partial charge in [-0.1, -0.05) is 54.2 Å². The number of aliphatic hydroxyl groups excluding tert-OH is 5. The van der Waals surface area contributed by atoms with Crippen LogP contribution in [0.25, 0.3) is 0 Å². The van der Waals surface area contributed by atoms with E-state index in [1.807, 2.05) is 6.92 Å². The summed E-state index contributed by atoms with van der Waals surface area (Å²) in [6.45, 7) is 12.9. The number of aliphatic carboxylic acids is 1. The SMILES string of the molecule is CCC1CC(CCc2ccc(CN3CCCNCCNCCCNCC3)c(Br)c2)CC(OC2OC(CO)C(O)C(O[C@@H](CC3CC3)C(=O)O)C2NC(C)=O)C1OC1OC(C)C(O)C(O)C1O. The van der Waals surface area contributed by atoms with Crippen LogP contribution in [0.15, 0.2) is 22.7 Å². The highest BCUT2D eigenvalue weighted by Gasteiger charge is 2.52. The number of hydrogen-bond donors (Lipinski definition) is 10. The third-order valence-electron chi connectivity index (χ3n) is 14.0. The summed E-state index contributed by atoms with van der Waals surface area (Å²) in [5.41, 5.74) is 2.40. The summed E-state index contributed by atoms with van der Waals surface area (Å²) in [7, 11) is 0. The molecule has 5 fully saturated rings. The van der Waals surface area contributed by atoms with Crippen LogP contribution in [-0.2, 0) is 46.2 Å². The molecule has 15 atom stereocenters. The van der Waals surface area contributed by atoms with Gasteiger partial charge in [-0.15, -0.1) is 0 Å². The molecule has 0 radical (unpaired) electrons. The van der Waals surface area contributed by atoms with Gasteiger partial charge in [-0.2, -0.15) is 0 Å². The number of amides is 1. The zero-order chi connectivity index (χ0) is 47.3. The van der Waals surface area contributed by atoms with Gasteiger partial charge < -0.3 is 75.6 Å². The lowest BCUT2D eigenvalue weighted by atomic mass is 9.74. The van der Waals surface area contributed by atoms with Crippen molar-refractivity contribution in [1.82, 2.24) is 26.2 Å². The Labute approximate surface area is 398 Å². The highest BCUT2D eigenvalue weighted by Crippen LogP contribution is 2.41. The maximum Gasteiger partial charge on any atom is 0.332 e. The third-order valence-corrected chi connectivity index (χ3v) is 14.7. The molecular formula is C47H78BrN5O13. The number of aliphatic hydroxyl groups is 5. The van der Waals surface area contributed by atoms with E-state index >= 15 is 0 Å². The lowest BCUT2D eigenvalue weighted by molar-refractivity contribution is -0.339. The first kappa shape index (κ1) is 53.4. The summed E-state index contributed by atoms with van der Waals surface area (Å²) in [6.07, 6.45) is -7.20. The van der Waals surface area contributed by atoms with Gasteiger partial charge in [-0.3, -0.25) is 9.69 Å². The molecule has 3 aliphatic heterocycles. The molecule has 19 heteroatoms. The zero-order valence-corrected chi connectivity index (χ0v) is 40.6. The van der Waals surface area contributed by atoms with Crippen LogP contribution in [0, 0.1) is 17.8 Å². The van der Waals surface area contributed by atoms with Crippen LogP contribution in [0.2, 0.25) is 0 Å². The second kappa shape index (κ2) is 26.3. The standard InChI is InChI=1S/C47H78BrN5O13/c1-4-32-21-31(10-9-29-11-12-33(34(48)22-29)25-53-19-6-15-50-17-16-49-13-5-14-51-18-20-53)24-35(43(32)66-47-42(59)41(58)39(56)27(2)62-47)64-46-38(52-28(3)55)44(40(57)37(26-54)65-46)63-36(45(60)61)23-30-7-8-30/h11-12,22,27,30-32,35-44,46-47,49-51,54,56-59H,4-10,13-21,23-26H2,1-3H3,(H,52,55)(H,60,61)/t27?,31?,32?,35?,36-,37?,38?,39?,40?,41?,42?,43?,44?,46?,47?/m0/s1. The van der Waals surface area contributed by atoms with Crippen molar-refractivity contribution < 1.29 is 63.9 Å². The number of benzene rings is 1. The van der Waals surface area contributed by atoms with Gasteiger partial charge in [0.25, 0.3) is 0 Å². The van der Waals surface area contributed by atoms with Crippen molar-refractivity contribution in [3.8, 4) is 0 Å². The lowest BCUT2D eigenvalue weighted by Crippen LogP contribution is -2.67. The molecule has 10 N–H and O–H groups in total. The van der Waals surface area contributed by atoms with Gasteiger partial charge in [-0.05, 0) is 113 Å². The van der Waals surface area contributed by atoms with E-state index in [0.29, 0.717) is 12.8 Å². The molecule has 3 saturated heterocycles. The molecular weight excluding hydrogens is 922 g/mol. The summed E-state index contributed by atoms with van der Waals surface area (Å²) in [5.74, 6) is -1.56. The van der Waals surface area contributed by atoms with Crippen LogP contribution in [0.5, 0.6) is 0 Å². The number of carboxylic acids is 1. The molecule has 5 aliphatic rings. The average Bonchev–Trinajstić information content (AvgIpc) is 4.12. The molecule has 6 rings (SSSR count). The van der Waals surface area contributed by atoms with Gasteiger partial charge in [0, 0.05) is 44.1 Å². The van der Waals surface area contributed by atoms with Crippen LogP contribution >= 0.6 is 15.9 Å². The van der Waals surface area contributed by atoms with Crippen LogP contribution in [0.4, 0.5) is 0 Å². The van der Waals surface area contributed by atoms with E-state index in [2.05, 4.69) is 60.3 Å². The smallest absolute Gasteiger partial charge is 0.332 e. The number of rotatable bonds is 17. The number of nitrogens with zero attached hydrogens (tertiary/aromatic N) is 1. The van der Waals surface area contributed by atoms with Crippen molar-refractivity contribution >= 4 is 27.8 Å². The van der Waals surface area contributed by atoms with E-state index in [1.165, 1.54) is 18.1 Å². The van der Waals surface area contributed by atoms with Gasteiger partial charge in [-0.25, -0.2) is 4.79 Å². The largest absolute Gasteiger partial charge is 0.479 e. The lowest BCUT2D eigenvalue weighted by Gasteiger charge is -2.49. The minimum absolute atomic E-state index is 0.110. The maximum absolute atomic E-state index is 12.8. The molecule has 14 unspecified atom stereocenters. The van der Waals surface area contributed by atoms with Crippen molar-refractivity contribution in [2.45, 2.75) is 171 Å². The first-order chi connectivity index (χ1) is 31.8. The van der Waals surface area contributed by atoms with Crippen molar-refractivity contribution in [1.29, 1.82) is 0 Å². The predicted molar refractivity (Wildman–Crippen MR) is 247 cm³/mol. The first-order valence-electron chi connectivity index (χ1n) is 24.5. The number of hydrogen-bond acceptors (Lipinski definition) is 16. The minimum Gasteiger partial charge on any atom is -0.479 e. The Balaban J connectivity index is 1.19. The van der Waals surface area contributed by atoms with Crippen LogP contribution < -0.4 is 21.3 Å². The predicted octanol–water partition coefficient (Wildman–Crippen LogP) is 1.00. The molecule has 1 amide bonds. The Kier molecular flexibility index (Phi) is 21.3. The Morgan fingerprint density at radius 1 is 0.879 bits per heavy atom. The Morgan fingerprint density at radius 3 is 2.27 bits per heavy atom. The Morgan fingerprint density at radius 2 is 1.61 bits per heavy atom. The summed E-state index contributed by atoms with van der Waals surface area (Å²) >= 11 is 3.90. The number of carbonyl (C=O) groups is 2. The summed E-state index contributed by atoms with van der Waals surface area (Å²) in [4.78, 5) is 27.7.